The molecule has 0 aliphatic rings. The van der Waals surface area contributed by atoms with E-state index in [2.05, 4.69) is 28.7 Å². The van der Waals surface area contributed by atoms with Crippen molar-refractivity contribution in [2.45, 2.75) is 26.3 Å². The molecule has 0 bridgehead atoms. The Kier molecular flexibility index (Phi) is 4.02. The Balaban J connectivity index is 2.77. The third kappa shape index (κ3) is 3.68. The molecule has 0 spiro atoms. The van der Waals surface area contributed by atoms with Gasteiger partial charge in [0.1, 0.15) is 18.4 Å². The summed E-state index contributed by atoms with van der Waals surface area (Å²) in [5.74, 6) is 0. The summed E-state index contributed by atoms with van der Waals surface area (Å²) in [6.45, 7) is 6.41. The molecule has 0 unspecified atom stereocenters. The second-order valence-corrected chi connectivity index (χ2v) is 4.78. The zero-order valence-electron chi connectivity index (χ0n) is 11.0. The third-order valence-electron chi connectivity index (χ3n) is 2.71. The van der Waals surface area contributed by atoms with Crippen molar-refractivity contribution in [2.75, 3.05) is 20.7 Å². The molecule has 0 aliphatic heterocycles. The maximum absolute atomic E-state index is 8.80. The summed E-state index contributed by atoms with van der Waals surface area (Å²) < 4.78 is 5.54. The molecule has 92 valence electrons. The average molecular weight is 234 g/mol. The normalized spacial score (nSPS) is 11.4. The minimum atomic E-state index is -0.111. The third-order valence-corrected chi connectivity index (χ3v) is 2.71. The summed E-state index contributed by atoms with van der Waals surface area (Å²) in [7, 11) is 3.97. The zero-order chi connectivity index (χ0) is 13.1. The molecule has 5 nitrogen and oxygen atoms in total. The van der Waals surface area contributed by atoms with Gasteiger partial charge in [0.15, 0.2) is 0 Å². The summed E-state index contributed by atoms with van der Waals surface area (Å²) in [6.07, 6.45) is 0. The van der Waals surface area contributed by atoms with Gasteiger partial charge in [-0.3, -0.25) is 0 Å². The number of aryl methyl sites for hydroxylation is 1. The monoisotopic (exact) mass is 234 g/mol. The molecule has 0 N–H and O–H groups in total. The number of nitrogens with zero attached hydrogens (tertiary/aromatic N) is 4. The molecule has 0 radical (unpaired) electrons. The fourth-order valence-corrected chi connectivity index (χ4v) is 1.03. The van der Waals surface area contributed by atoms with Gasteiger partial charge in [-0.2, -0.15) is 10.2 Å². The van der Waals surface area contributed by atoms with Crippen molar-refractivity contribution in [3.63, 3.8) is 0 Å². The molecule has 5 heteroatoms. The van der Waals surface area contributed by atoms with Crippen LogP contribution >= 0.6 is 0 Å². The molecule has 0 aromatic carbocycles. The minimum Gasteiger partial charge on any atom is -0.461 e. The Hall–Kier alpha value is -1.67. The van der Waals surface area contributed by atoms with Gasteiger partial charge < -0.3 is 9.64 Å². The molecule has 1 aromatic heterocycles. The lowest BCUT2D eigenvalue weighted by atomic mass is 10.1. The maximum Gasteiger partial charge on any atom is 0.317 e. The Morgan fingerprint density at radius 3 is 2.59 bits per heavy atom. The molecular formula is C12H18N4O. The fourth-order valence-electron chi connectivity index (χ4n) is 1.03. The van der Waals surface area contributed by atoms with Gasteiger partial charge in [-0.25, -0.2) is 4.98 Å². The second kappa shape index (κ2) is 5.11. The first-order chi connectivity index (χ1) is 7.85. The predicted octanol–water partition coefficient (Wildman–Crippen LogP) is 1.38. The van der Waals surface area contributed by atoms with Crippen LogP contribution in [-0.4, -0.2) is 41.1 Å². The van der Waals surface area contributed by atoms with Crippen LogP contribution in [0.25, 0.3) is 0 Å². The molecule has 0 saturated heterocycles. The molecule has 0 atom stereocenters. The van der Waals surface area contributed by atoms with E-state index in [1.54, 1.807) is 6.07 Å². The molecule has 0 saturated carbocycles. The highest BCUT2D eigenvalue weighted by Gasteiger charge is 2.22. The number of rotatable bonds is 4. The summed E-state index contributed by atoms with van der Waals surface area (Å²) in [5.41, 5.74) is 0.948. The van der Waals surface area contributed by atoms with E-state index in [1.165, 1.54) is 0 Å². The average Bonchev–Trinajstić information content (AvgIpc) is 2.25. The highest BCUT2D eigenvalue weighted by atomic mass is 16.5. The topological polar surface area (TPSA) is 62.0 Å². The molecule has 1 aromatic rings. The highest BCUT2D eigenvalue weighted by molar-refractivity contribution is 5.23. The van der Waals surface area contributed by atoms with Crippen molar-refractivity contribution in [2.24, 2.45) is 0 Å². The zero-order valence-corrected chi connectivity index (χ0v) is 11.0. The maximum atomic E-state index is 8.80. The van der Waals surface area contributed by atoms with Gasteiger partial charge >= 0.3 is 6.01 Å². The lowest BCUT2D eigenvalue weighted by Crippen LogP contribution is -2.43. The second-order valence-electron chi connectivity index (χ2n) is 4.78. The van der Waals surface area contributed by atoms with Gasteiger partial charge in [0.05, 0.1) is 0 Å². The van der Waals surface area contributed by atoms with E-state index in [9.17, 15) is 0 Å². The molecular weight excluding hydrogens is 216 g/mol. The molecule has 0 fully saturated rings. The number of aromatic nitrogens is 2. The smallest absolute Gasteiger partial charge is 0.317 e. The largest absolute Gasteiger partial charge is 0.461 e. The van der Waals surface area contributed by atoms with Crippen LogP contribution in [0.3, 0.4) is 0 Å². The SMILES string of the molecule is Cc1cc(C#N)nc(OCC(C)(C)N(C)C)n1. The first kappa shape index (κ1) is 13.4. The number of hydrogen-bond acceptors (Lipinski definition) is 5. The lowest BCUT2D eigenvalue weighted by Gasteiger charge is -2.31. The fraction of sp³-hybridized carbons (Fsp3) is 0.583. The van der Waals surface area contributed by atoms with E-state index >= 15 is 0 Å². The minimum absolute atomic E-state index is 0.111. The number of hydrogen-bond donors (Lipinski definition) is 0. The van der Waals surface area contributed by atoms with Crippen LogP contribution in [-0.2, 0) is 0 Å². The quantitative estimate of drug-likeness (QED) is 0.787. The van der Waals surface area contributed by atoms with Crippen LogP contribution in [0.15, 0.2) is 6.07 Å². The van der Waals surface area contributed by atoms with Crippen molar-refractivity contribution in [3.8, 4) is 12.1 Å². The van der Waals surface area contributed by atoms with Crippen LogP contribution < -0.4 is 4.74 Å². The highest BCUT2D eigenvalue weighted by Crippen LogP contribution is 2.13. The number of ether oxygens (including phenoxy) is 1. The van der Waals surface area contributed by atoms with Gasteiger partial charge in [0.2, 0.25) is 0 Å². The Labute approximate surface area is 102 Å². The Morgan fingerprint density at radius 2 is 2.06 bits per heavy atom. The van der Waals surface area contributed by atoms with Crippen LogP contribution in [0.4, 0.5) is 0 Å². The van der Waals surface area contributed by atoms with Gasteiger partial charge in [0, 0.05) is 11.2 Å². The molecule has 0 aliphatic carbocycles. The first-order valence-corrected chi connectivity index (χ1v) is 5.41. The van der Waals surface area contributed by atoms with Crippen molar-refractivity contribution >= 4 is 0 Å². The Morgan fingerprint density at radius 1 is 1.41 bits per heavy atom. The van der Waals surface area contributed by atoms with Gasteiger partial charge in [-0.15, -0.1) is 0 Å². The van der Waals surface area contributed by atoms with Crippen LogP contribution in [0.5, 0.6) is 6.01 Å². The van der Waals surface area contributed by atoms with Crippen molar-refractivity contribution in [3.05, 3.63) is 17.5 Å². The number of nitriles is 1. The van der Waals surface area contributed by atoms with E-state index in [4.69, 9.17) is 10.00 Å². The summed E-state index contributed by atoms with van der Waals surface area (Å²) in [6, 6.07) is 3.88. The van der Waals surface area contributed by atoms with Crippen LogP contribution in [0.1, 0.15) is 25.2 Å². The first-order valence-electron chi connectivity index (χ1n) is 5.41. The van der Waals surface area contributed by atoms with E-state index in [0.717, 1.165) is 5.69 Å². The Bertz CT molecular complexity index is 435. The molecule has 1 heterocycles. The van der Waals surface area contributed by atoms with Crippen molar-refractivity contribution in [1.82, 2.24) is 14.9 Å². The summed E-state index contributed by atoms with van der Waals surface area (Å²) in [5, 5.41) is 8.80. The van der Waals surface area contributed by atoms with Gasteiger partial charge in [0.25, 0.3) is 0 Å². The van der Waals surface area contributed by atoms with E-state index in [-0.39, 0.29) is 11.5 Å². The van der Waals surface area contributed by atoms with Gasteiger partial charge in [-0.1, -0.05) is 0 Å². The van der Waals surface area contributed by atoms with Gasteiger partial charge in [-0.05, 0) is 40.9 Å². The summed E-state index contributed by atoms with van der Waals surface area (Å²) >= 11 is 0. The predicted molar refractivity (Wildman–Crippen MR) is 64.7 cm³/mol. The van der Waals surface area contributed by atoms with Crippen LogP contribution in [0.2, 0.25) is 0 Å². The standard InChI is InChI=1S/C12H18N4O/c1-9-6-10(7-13)15-11(14-9)17-8-12(2,3)16(4)5/h6H,8H2,1-5H3. The van der Waals surface area contributed by atoms with E-state index < -0.39 is 0 Å². The lowest BCUT2D eigenvalue weighted by molar-refractivity contribution is 0.107. The van der Waals surface area contributed by atoms with E-state index in [0.29, 0.717) is 12.3 Å². The van der Waals surface area contributed by atoms with Crippen LogP contribution in [0, 0.1) is 18.3 Å². The van der Waals surface area contributed by atoms with E-state index in [1.807, 2.05) is 27.1 Å². The van der Waals surface area contributed by atoms with Crippen molar-refractivity contribution < 1.29 is 4.74 Å². The number of likely N-dealkylation sites (N-methyl/N-ethyl adjacent to an activating group) is 1. The molecule has 17 heavy (non-hydrogen) atoms. The van der Waals surface area contributed by atoms with Crippen molar-refractivity contribution in [1.29, 1.82) is 5.26 Å². The molecule has 1 rings (SSSR count). The molecule has 0 amide bonds. The summed E-state index contributed by atoms with van der Waals surface area (Å²) in [4.78, 5) is 10.2.